The molecule has 0 spiro atoms. The fourth-order valence-corrected chi connectivity index (χ4v) is 4.77. The number of carbonyl (C=O) groups is 2. The quantitative estimate of drug-likeness (QED) is 0.646. The highest BCUT2D eigenvalue weighted by molar-refractivity contribution is 6.00. The summed E-state index contributed by atoms with van der Waals surface area (Å²) in [6.07, 6.45) is 9.08. The Morgan fingerprint density at radius 1 is 1.00 bits per heavy atom. The van der Waals surface area contributed by atoms with E-state index < -0.39 is 0 Å². The third kappa shape index (κ3) is 3.84. The average Bonchev–Trinajstić information content (AvgIpc) is 3.49. The molecule has 2 aliphatic heterocycles. The van der Waals surface area contributed by atoms with E-state index >= 15 is 0 Å². The summed E-state index contributed by atoms with van der Waals surface area (Å²) in [5, 5.41) is 4.41. The van der Waals surface area contributed by atoms with Crippen molar-refractivity contribution in [3.8, 4) is 0 Å². The smallest absolute Gasteiger partial charge is 0.289 e. The molecule has 3 aromatic heterocycles. The molecule has 2 aliphatic rings. The van der Waals surface area contributed by atoms with Crippen LogP contribution in [0.4, 0.5) is 0 Å². The molecule has 2 amide bonds. The lowest BCUT2D eigenvalue weighted by atomic mass is 9.89. The summed E-state index contributed by atoms with van der Waals surface area (Å²) in [4.78, 5) is 29.5. The molecule has 0 bridgehead atoms. The molecule has 0 aliphatic carbocycles. The fourth-order valence-electron chi connectivity index (χ4n) is 4.77. The second kappa shape index (κ2) is 8.21. The number of nitrogens with zero attached hydrogens (tertiary/aromatic N) is 4. The minimum atomic E-state index is -0.0431. The predicted octanol–water partition coefficient (Wildman–Crippen LogP) is 3.82. The number of hydrogen-bond acceptors (Lipinski definition) is 4. The highest BCUT2D eigenvalue weighted by Gasteiger charge is 2.27. The lowest BCUT2D eigenvalue weighted by Crippen LogP contribution is -2.38. The van der Waals surface area contributed by atoms with Gasteiger partial charge in [-0.25, -0.2) is 4.52 Å². The van der Waals surface area contributed by atoms with Crippen LogP contribution in [0.25, 0.3) is 5.52 Å². The van der Waals surface area contributed by atoms with E-state index in [1.807, 2.05) is 16.0 Å². The second-order valence-corrected chi connectivity index (χ2v) is 8.87. The van der Waals surface area contributed by atoms with Gasteiger partial charge in [0.05, 0.1) is 23.5 Å². The van der Waals surface area contributed by atoms with Crippen LogP contribution in [0.5, 0.6) is 0 Å². The summed E-state index contributed by atoms with van der Waals surface area (Å²) in [6, 6.07) is 7.65. The average molecular weight is 421 g/mol. The molecule has 5 rings (SSSR count). The van der Waals surface area contributed by atoms with Crippen molar-refractivity contribution in [1.29, 1.82) is 0 Å². The number of rotatable bonds is 3. The van der Waals surface area contributed by atoms with Gasteiger partial charge in [0, 0.05) is 32.4 Å². The Bertz CT molecular complexity index is 1070. The molecular weight excluding hydrogens is 392 g/mol. The first-order valence-electron chi connectivity index (χ1n) is 11.2. The fraction of sp³-hybridized carbons (Fsp3) is 0.458. The van der Waals surface area contributed by atoms with Crippen LogP contribution in [-0.2, 0) is 0 Å². The zero-order valence-corrected chi connectivity index (χ0v) is 17.9. The van der Waals surface area contributed by atoms with E-state index in [4.69, 9.17) is 4.42 Å². The second-order valence-electron chi connectivity index (χ2n) is 8.87. The molecule has 2 fully saturated rings. The Labute approximate surface area is 181 Å². The summed E-state index contributed by atoms with van der Waals surface area (Å²) >= 11 is 0. The molecule has 0 aromatic carbocycles. The summed E-state index contributed by atoms with van der Waals surface area (Å²) in [7, 11) is 0. The van der Waals surface area contributed by atoms with Crippen LogP contribution in [-0.4, -0.2) is 57.4 Å². The Balaban J connectivity index is 1.31. The van der Waals surface area contributed by atoms with E-state index in [9.17, 15) is 9.59 Å². The van der Waals surface area contributed by atoms with Gasteiger partial charge in [-0.15, -0.1) is 0 Å². The maximum Gasteiger partial charge on any atom is 0.289 e. The first-order chi connectivity index (χ1) is 15.1. The number of furan rings is 1. The van der Waals surface area contributed by atoms with Gasteiger partial charge in [0.1, 0.15) is 0 Å². The maximum absolute atomic E-state index is 13.1. The molecule has 31 heavy (non-hydrogen) atoms. The van der Waals surface area contributed by atoms with Crippen LogP contribution in [0.2, 0.25) is 0 Å². The number of pyridine rings is 1. The molecule has 0 radical (unpaired) electrons. The Morgan fingerprint density at radius 2 is 1.71 bits per heavy atom. The van der Waals surface area contributed by atoms with Crippen molar-refractivity contribution in [2.75, 3.05) is 26.2 Å². The van der Waals surface area contributed by atoms with Gasteiger partial charge in [0.25, 0.3) is 11.8 Å². The summed E-state index contributed by atoms with van der Waals surface area (Å²) in [5.41, 5.74) is 2.76. The van der Waals surface area contributed by atoms with Gasteiger partial charge >= 0.3 is 0 Å². The van der Waals surface area contributed by atoms with Gasteiger partial charge in [0.15, 0.2) is 5.76 Å². The zero-order valence-electron chi connectivity index (χ0n) is 17.9. The van der Waals surface area contributed by atoms with E-state index in [0.717, 1.165) is 44.3 Å². The molecule has 0 saturated carbocycles. The number of hydrogen-bond donors (Lipinski definition) is 0. The molecule has 5 heterocycles. The molecular formula is C24H28N4O3. The zero-order chi connectivity index (χ0) is 21.4. The number of aromatic nitrogens is 2. The molecule has 0 N–H and O–H groups in total. The Kier molecular flexibility index (Phi) is 5.26. The molecule has 3 aromatic rings. The normalized spacial score (nSPS) is 18.6. The van der Waals surface area contributed by atoms with Crippen LogP contribution in [0.1, 0.15) is 65.0 Å². The third-order valence-electron chi connectivity index (χ3n) is 6.83. The van der Waals surface area contributed by atoms with E-state index in [-0.39, 0.29) is 11.8 Å². The first-order valence-corrected chi connectivity index (χ1v) is 11.2. The monoisotopic (exact) mass is 420 g/mol. The van der Waals surface area contributed by atoms with Crippen molar-refractivity contribution < 1.29 is 14.0 Å². The van der Waals surface area contributed by atoms with E-state index in [1.54, 1.807) is 22.8 Å². The third-order valence-corrected chi connectivity index (χ3v) is 6.83. The summed E-state index contributed by atoms with van der Waals surface area (Å²) < 4.78 is 7.04. The van der Waals surface area contributed by atoms with Gasteiger partial charge in [-0.3, -0.25) is 9.59 Å². The van der Waals surface area contributed by atoms with Crippen LogP contribution < -0.4 is 0 Å². The van der Waals surface area contributed by atoms with Crippen molar-refractivity contribution in [2.45, 2.75) is 38.5 Å². The van der Waals surface area contributed by atoms with Gasteiger partial charge in [-0.1, -0.05) is 6.92 Å². The molecule has 7 heteroatoms. The number of carbonyl (C=O) groups excluding carboxylic acids is 2. The van der Waals surface area contributed by atoms with Crippen molar-refractivity contribution in [2.24, 2.45) is 5.92 Å². The summed E-state index contributed by atoms with van der Waals surface area (Å²) in [5.74, 6) is 1.48. The Morgan fingerprint density at radius 3 is 2.42 bits per heavy atom. The van der Waals surface area contributed by atoms with E-state index in [2.05, 4.69) is 24.2 Å². The van der Waals surface area contributed by atoms with Gasteiger partial charge in [-0.2, -0.15) is 5.10 Å². The van der Waals surface area contributed by atoms with Crippen LogP contribution in [0.15, 0.2) is 47.3 Å². The lowest BCUT2D eigenvalue weighted by Gasteiger charge is -2.32. The minimum absolute atomic E-state index is 0.0431. The highest BCUT2D eigenvalue weighted by Crippen LogP contribution is 2.30. The standard InChI is InChI=1S/C24H28N4O3/c1-17-4-9-26(10-5-17)23(29)20-16-25-28-13-8-19(15-21(20)28)18-6-11-27(12-7-18)24(30)22-3-2-14-31-22/h2-3,8,13-18H,4-7,9-12H2,1H3. The minimum Gasteiger partial charge on any atom is -0.459 e. The number of amides is 2. The number of fused-ring (bicyclic) bond motifs is 1. The van der Waals surface area contributed by atoms with Crippen LogP contribution in [0, 0.1) is 5.92 Å². The number of likely N-dealkylation sites (tertiary alicyclic amines) is 2. The van der Waals surface area contributed by atoms with Crippen LogP contribution >= 0.6 is 0 Å². The number of piperidine rings is 2. The van der Waals surface area contributed by atoms with Gasteiger partial charge < -0.3 is 14.2 Å². The van der Waals surface area contributed by atoms with Crippen molar-refractivity contribution >= 4 is 17.3 Å². The molecule has 0 unspecified atom stereocenters. The predicted molar refractivity (Wildman–Crippen MR) is 116 cm³/mol. The topological polar surface area (TPSA) is 71.1 Å². The SMILES string of the molecule is CC1CCN(C(=O)c2cnn3ccc(C4CCN(C(=O)c5ccco5)CC4)cc23)CC1. The van der Waals surface area contributed by atoms with Crippen molar-refractivity contribution in [3.05, 3.63) is 59.8 Å². The molecule has 2 saturated heterocycles. The van der Waals surface area contributed by atoms with E-state index in [1.165, 1.54) is 11.8 Å². The van der Waals surface area contributed by atoms with Crippen molar-refractivity contribution in [1.82, 2.24) is 19.4 Å². The first kappa shape index (κ1) is 19.8. The van der Waals surface area contributed by atoms with Crippen molar-refractivity contribution in [3.63, 3.8) is 0 Å². The van der Waals surface area contributed by atoms with Crippen LogP contribution in [0.3, 0.4) is 0 Å². The maximum atomic E-state index is 13.1. The van der Waals surface area contributed by atoms with E-state index in [0.29, 0.717) is 36.2 Å². The Hall–Kier alpha value is -3.09. The summed E-state index contributed by atoms with van der Waals surface area (Å²) in [6.45, 7) is 5.29. The largest absolute Gasteiger partial charge is 0.459 e. The van der Waals surface area contributed by atoms with Gasteiger partial charge in [0.2, 0.25) is 0 Å². The lowest BCUT2D eigenvalue weighted by molar-refractivity contribution is 0.0678. The molecule has 162 valence electrons. The molecule has 0 atom stereocenters. The van der Waals surface area contributed by atoms with Gasteiger partial charge in [-0.05, 0) is 67.3 Å². The molecule has 7 nitrogen and oxygen atoms in total. The highest BCUT2D eigenvalue weighted by atomic mass is 16.3.